The predicted molar refractivity (Wildman–Crippen MR) is 249 cm³/mol. The molecule has 5 heteroatoms. The summed E-state index contributed by atoms with van der Waals surface area (Å²) in [5.74, 6) is 0. The van der Waals surface area contributed by atoms with Gasteiger partial charge in [-0.3, -0.25) is 9.11 Å². The van der Waals surface area contributed by atoms with Crippen LogP contribution in [0.4, 0.5) is 0 Å². The summed E-state index contributed by atoms with van der Waals surface area (Å²) in [5, 5.41) is 0. The first-order chi connectivity index (χ1) is 27.3. The van der Waals surface area contributed by atoms with Crippen molar-refractivity contribution in [1.82, 2.24) is 0 Å². The monoisotopic (exact) mass is 807 g/mol. The van der Waals surface area contributed by atoms with E-state index in [9.17, 15) is 0 Å². The van der Waals surface area contributed by atoms with E-state index in [0.717, 1.165) is 0 Å². The lowest BCUT2D eigenvalue weighted by molar-refractivity contribution is 0.381. The molecule has 332 valence electrons. The molecule has 0 aliphatic heterocycles. The highest BCUT2D eigenvalue weighted by molar-refractivity contribution is 7.79. The van der Waals surface area contributed by atoms with Crippen LogP contribution in [0.5, 0.6) is 0 Å². The summed E-state index contributed by atoms with van der Waals surface area (Å²) < 4.78 is 31.6. The van der Waals surface area contributed by atoms with E-state index in [4.69, 9.17) is 17.5 Å². The number of benzene rings is 1. The van der Waals surface area contributed by atoms with Crippen molar-refractivity contribution >= 4 is 10.4 Å². The smallest absolute Gasteiger partial charge is 0.264 e. The largest absolute Gasteiger partial charge is 0.394 e. The average molecular weight is 807 g/mol. The normalized spacial score (nSPS) is 11.6. The molecule has 0 saturated heterocycles. The third kappa shape index (κ3) is 42.7. The molecule has 1 aromatic carbocycles. The maximum Gasteiger partial charge on any atom is 0.394 e. The van der Waals surface area contributed by atoms with Crippen LogP contribution < -0.4 is 0 Å². The fourth-order valence-corrected chi connectivity index (χ4v) is 8.46. The Morgan fingerprint density at radius 3 is 0.714 bits per heavy atom. The van der Waals surface area contributed by atoms with Gasteiger partial charge in [0, 0.05) is 0 Å². The van der Waals surface area contributed by atoms with Crippen LogP contribution in [-0.4, -0.2) is 17.5 Å². The summed E-state index contributed by atoms with van der Waals surface area (Å²) in [7, 11) is -4.67. The van der Waals surface area contributed by atoms with Crippen molar-refractivity contribution < 1.29 is 17.5 Å². The summed E-state index contributed by atoms with van der Waals surface area (Å²) in [6.45, 7) is 6.96. The fourth-order valence-electron chi connectivity index (χ4n) is 8.46. The lowest BCUT2D eigenvalue weighted by Crippen LogP contribution is -2.02. The predicted octanol–water partition coefficient (Wildman–Crippen LogP) is 17.9. The second kappa shape index (κ2) is 43.7. The van der Waals surface area contributed by atoms with Crippen molar-refractivity contribution in [3.63, 3.8) is 0 Å². The van der Waals surface area contributed by atoms with Gasteiger partial charge in [0.25, 0.3) is 0 Å². The minimum Gasteiger partial charge on any atom is -0.264 e. The molecule has 0 aromatic heterocycles. The number of rotatable bonds is 42. The Balaban J connectivity index is 0.00000565. The molecule has 2 N–H and O–H groups in total. The molecule has 56 heavy (non-hydrogen) atoms. The number of hydrogen-bond donors (Lipinski definition) is 2. The van der Waals surface area contributed by atoms with Gasteiger partial charge in [-0.1, -0.05) is 270 Å². The van der Waals surface area contributed by atoms with Gasteiger partial charge in [-0.25, -0.2) is 0 Å². The maximum atomic E-state index is 8.74. The van der Waals surface area contributed by atoms with Crippen molar-refractivity contribution in [2.45, 2.75) is 290 Å². The molecule has 1 rings (SSSR count). The van der Waals surface area contributed by atoms with Crippen LogP contribution in [0, 0.1) is 0 Å². The highest BCUT2D eigenvalue weighted by Crippen LogP contribution is 2.24. The summed E-state index contributed by atoms with van der Waals surface area (Å²) in [6.07, 6.45) is 60.4. The maximum absolute atomic E-state index is 8.74. The molecule has 0 bridgehead atoms. The van der Waals surface area contributed by atoms with Crippen LogP contribution in [0.25, 0.3) is 0 Å². The Morgan fingerprint density at radius 2 is 0.500 bits per heavy atom. The van der Waals surface area contributed by atoms with Crippen LogP contribution in [0.1, 0.15) is 288 Å². The molecule has 0 amide bonds. The summed E-state index contributed by atoms with van der Waals surface area (Å²) in [5.41, 5.74) is 5.20. The Bertz CT molecular complexity index is 967. The fraction of sp³-hybridized carbons (Fsp3) is 0.882. The molecule has 0 aliphatic rings. The minimum atomic E-state index is -4.67. The van der Waals surface area contributed by atoms with Gasteiger partial charge in [-0.15, -0.1) is 0 Å². The molecular weight excluding hydrogens is 709 g/mol. The average Bonchev–Trinajstić information content (AvgIpc) is 3.17. The van der Waals surface area contributed by atoms with E-state index < -0.39 is 10.4 Å². The zero-order valence-electron chi connectivity index (χ0n) is 38.0. The first-order valence-electron chi connectivity index (χ1n) is 25.1. The van der Waals surface area contributed by atoms with Crippen molar-refractivity contribution in [2.75, 3.05) is 0 Å². The van der Waals surface area contributed by atoms with Gasteiger partial charge in [0.15, 0.2) is 0 Å². The summed E-state index contributed by atoms with van der Waals surface area (Å²) >= 11 is 0. The lowest BCUT2D eigenvalue weighted by Gasteiger charge is -2.16. The van der Waals surface area contributed by atoms with Gasteiger partial charge in [0.05, 0.1) is 0 Å². The lowest BCUT2D eigenvalue weighted by atomic mass is 9.90. The molecule has 0 fully saturated rings. The van der Waals surface area contributed by atoms with Crippen LogP contribution in [0.3, 0.4) is 0 Å². The number of hydrogen-bond acceptors (Lipinski definition) is 2. The third-order valence-electron chi connectivity index (χ3n) is 12.0. The Labute approximate surface area is 351 Å². The molecular formula is C51H98O4S. The topological polar surface area (TPSA) is 74.6 Å². The second-order valence-corrected chi connectivity index (χ2v) is 18.4. The minimum absolute atomic E-state index is 1.32. The van der Waals surface area contributed by atoms with Crippen molar-refractivity contribution in [3.05, 3.63) is 34.9 Å². The highest BCUT2D eigenvalue weighted by atomic mass is 32.3. The summed E-state index contributed by atoms with van der Waals surface area (Å²) in [6, 6.07) is 7.42. The molecule has 0 radical (unpaired) electrons. The van der Waals surface area contributed by atoms with Gasteiger partial charge in [-0.05, 0) is 55.2 Å². The molecule has 0 atom stereocenters. The first-order valence-corrected chi connectivity index (χ1v) is 26.5. The van der Waals surface area contributed by atoms with Gasteiger partial charge in [-0.2, -0.15) is 8.42 Å². The van der Waals surface area contributed by atoms with E-state index in [-0.39, 0.29) is 0 Å². The molecule has 0 heterocycles. The van der Waals surface area contributed by atoms with Crippen LogP contribution in [0.15, 0.2) is 18.2 Å². The van der Waals surface area contributed by atoms with Crippen molar-refractivity contribution in [1.29, 1.82) is 0 Å². The van der Waals surface area contributed by atoms with Crippen molar-refractivity contribution in [2.24, 2.45) is 0 Å². The molecule has 0 aliphatic carbocycles. The molecule has 4 nitrogen and oxygen atoms in total. The molecule has 1 aromatic rings. The van der Waals surface area contributed by atoms with E-state index in [1.54, 1.807) is 16.7 Å². The Kier molecular flexibility index (Phi) is 43.0. The van der Waals surface area contributed by atoms with Crippen LogP contribution in [-0.2, 0) is 29.7 Å². The van der Waals surface area contributed by atoms with Gasteiger partial charge in [0.2, 0.25) is 0 Å². The Hall–Kier alpha value is -0.910. The molecule has 0 unspecified atom stereocenters. The van der Waals surface area contributed by atoms with Crippen molar-refractivity contribution in [3.8, 4) is 0 Å². The number of aryl methyl sites for hydroxylation is 2. The zero-order valence-corrected chi connectivity index (χ0v) is 38.9. The SMILES string of the molecule is CCCCCCCCCCCCCCCc1cccc(CCCCCCCCCCCCCCC)c1CCCCCCCCCCCCCCC.O=S(=O)(O)O. The first kappa shape index (κ1) is 55.1. The Morgan fingerprint density at radius 1 is 0.321 bits per heavy atom. The zero-order chi connectivity index (χ0) is 41.1. The standard InChI is InChI=1S/C51H96.H2O4S/c1-4-7-10-13-16-19-22-25-28-31-34-37-40-44-49-46-43-47-50(45-41-38-35-32-29-26-23-20-17-14-11-8-5-2)51(49)48-42-39-36-33-30-27-24-21-18-15-12-9-6-3;1-5(2,3)4/h43,46-47H,4-42,44-45,48H2,1-3H3;(H2,1,2,3,4). The summed E-state index contributed by atoms with van der Waals surface area (Å²) in [4.78, 5) is 0. The van der Waals surface area contributed by atoms with Crippen LogP contribution >= 0.6 is 0 Å². The van der Waals surface area contributed by atoms with Crippen LogP contribution in [0.2, 0.25) is 0 Å². The third-order valence-corrected chi connectivity index (χ3v) is 12.0. The quantitative estimate of drug-likeness (QED) is 0.0510. The van der Waals surface area contributed by atoms with E-state index in [1.807, 2.05) is 0 Å². The highest BCUT2D eigenvalue weighted by Gasteiger charge is 2.09. The second-order valence-electron chi connectivity index (χ2n) is 17.5. The number of unbranched alkanes of at least 4 members (excludes halogenated alkanes) is 36. The van der Waals surface area contributed by atoms with Gasteiger partial charge < -0.3 is 0 Å². The molecule has 0 saturated carbocycles. The van der Waals surface area contributed by atoms with E-state index in [1.165, 1.54) is 270 Å². The van der Waals surface area contributed by atoms with E-state index >= 15 is 0 Å². The molecule has 0 spiro atoms. The van der Waals surface area contributed by atoms with E-state index in [2.05, 4.69) is 39.0 Å². The van der Waals surface area contributed by atoms with E-state index in [0.29, 0.717) is 0 Å². The van der Waals surface area contributed by atoms with Gasteiger partial charge in [0.1, 0.15) is 0 Å². The van der Waals surface area contributed by atoms with Gasteiger partial charge >= 0.3 is 10.4 Å².